The number of halogens is 1. The van der Waals surface area contributed by atoms with Gasteiger partial charge in [0.1, 0.15) is 4.60 Å². The zero-order valence-corrected chi connectivity index (χ0v) is 10.1. The van der Waals surface area contributed by atoms with E-state index in [0.29, 0.717) is 6.42 Å². The molecule has 2 rings (SSSR count). The second-order valence-corrected chi connectivity index (χ2v) is 4.39. The molecule has 16 heavy (non-hydrogen) atoms. The van der Waals surface area contributed by atoms with Crippen LogP contribution < -0.4 is 0 Å². The van der Waals surface area contributed by atoms with Crippen molar-refractivity contribution < 1.29 is 9.90 Å². The van der Waals surface area contributed by atoms with Crippen molar-refractivity contribution in [3.63, 3.8) is 0 Å². The van der Waals surface area contributed by atoms with Crippen molar-refractivity contribution in [1.29, 1.82) is 0 Å². The fourth-order valence-corrected chi connectivity index (χ4v) is 2.11. The number of aliphatic carboxylic acids is 1. The second-order valence-electron chi connectivity index (χ2n) is 3.60. The lowest BCUT2D eigenvalue weighted by molar-refractivity contribution is -0.137. The van der Waals surface area contributed by atoms with E-state index in [1.807, 2.05) is 18.2 Å². The lowest BCUT2D eigenvalue weighted by atomic mass is 10.1. The summed E-state index contributed by atoms with van der Waals surface area (Å²) in [7, 11) is 0. The number of carboxylic acids is 1. The van der Waals surface area contributed by atoms with E-state index in [2.05, 4.69) is 26.1 Å². The summed E-state index contributed by atoms with van der Waals surface area (Å²) in [5, 5.41) is 16.7. The van der Waals surface area contributed by atoms with Gasteiger partial charge in [-0.3, -0.25) is 9.89 Å². The summed E-state index contributed by atoms with van der Waals surface area (Å²) < 4.78 is 0.864. The molecule has 0 atom stereocenters. The van der Waals surface area contributed by atoms with Crippen LogP contribution in [-0.4, -0.2) is 21.3 Å². The van der Waals surface area contributed by atoms with Gasteiger partial charge in [0.05, 0.1) is 5.52 Å². The smallest absolute Gasteiger partial charge is 0.303 e. The number of nitrogens with zero attached hydrogens (tertiary/aromatic N) is 1. The molecule has 0 aliphatic heterocycles. The summed E-state index contributed by atoms with van der Waals surface area (Å²) in [6.07, 6.45) is 1.57. The summed E-state index contributed by atoms with van der Waals surface area (Å²) in [4.78, 5) is 10.4. The minimum absolute atomic E-state index is 0.196. The zero-order valence-electron chi connectivity index (χ0n) is 8.53. The standard InChI is InChI=1S/C11H11BrN2O2/c12-11-8-5-1-3-7(10(8)13-14-11)4-2-6-9(15)16/h1,3,5H,2,4,6H2,(H,13,14)(H,15,16). The number of hydrogen-bond acceptors (Lipinski definition) is 2. The average Bonchev–Trinajstić information content (AvgIpc) is 2.61. The third-order valence-electron chi connectivity index (χ3n) is 2.46. The molecule has 0 aliphatic carbocycles. The highest BCUT2D eigenvalue weighted by molar-refractivity contribution is 9.10. The molecule has 84 valence electrons. The fraction of sp³-hybridized carbons (Fsp3) is 0.273. The van der Waals surface area contributed by atoms with Crippen LogP contribution in [0.4, 0.5) is 0 Å². The minimum Gasteiger partial charge on any atom is -0.481 e. The van der Waals surface area contributed by atoms with Crippen LogP contribution in [0.5, 0.6) is 0 Å². The first-order valence-electron chi connectivity index (χ1n) is 5.02. The Kier molecular flexibility index (Phi) is 3.24. The monoisotopic (exact) mass is 282 g/mol. The third-order valence-corrected chi connectivity index (χ3v) is 3.06. The Morgan fingerprint density at radius 3 is 3.06 bits per heavy atom. The number of nitrogens with one attached hydrogen (secondary N) is 1. The largest absolute Gasteiger partial charge is 0.481 e. The Labute approximate surface area is 101 Å². The molecule has 0 unspecified atom stereocenters. The number of hydrogen-bond donors (Lipinski definition) is 2. The van der Waals surface area contributed by atoms with Gasteiger partial charge in [0.25, 0.3) is 0 Å². The molecule has 0 bridgehead atoms. The zero-order chi connectivity index (χ0) is 11.5. The molecule has 0 saturated carbocycles. The number of rotatable bonds is 4. The fourth-order valence-electron chi connectivity index (χ4n) is 1.70. The van der Waals surface area contributed by atoms with Gasteiger partial charge < -0.3 is 5.11 Å². The number of fused-ring (bicyclic) bond motifs is 1. The molecule has 2 aromatic rings. The molecule has 1 heterocycles. The number of para-hydroxylation sites is 1. The lowest BCUT2D eigenvalue weighted by Crippen LogP contribution is -1.96. The molecule has 0 saturated heterocycles. The number of carboxylic acid groups (broad SMARTS) is 1. The predicted molar refractivity (Wildman–Crippen MR) is 64.4 cm³/mol. The Hall–Kier alpha value is -1.36. The van der Waals surface area contributed by atoms with Crippen LogP contribution in [0.3, 0.4) is 0 Å². The van der Waals surface area contributed by atoms with Gasteiger partial charge in [-0.25, -0.2) is 0 Å². The van der Waals surface area contributed by atoms with Gasteiger partial charge in [-0.05, 0) is 34.3 Å². The highest BCUT2D eigenvalue weighted by atomic mass is 79.9. The van der Waals surface area contributed by atoms with Gasteiger partial charge in [-0.2, -0.15) is 5.10 Å². The Balaban J connectivity index is 2.20. The molecule has 2 N–H and O–H groups in total. The summed E-state index contributed by atoms with van der Waals surface area (Å²) in [6, 6.07) is 5.92. The van der Waals surface area contributed by atoms with Crippen LogP contribution in [0.15, 0.2) is 22.8 Å². The maximum absolute atomic E-state index is 10.4. The second kappa shape index (κ2) is 4.65. The van der Waals surface area contributed by atoms with Gasteiger partial charge in [-0.1, -0.05) is 18.2 Å². The van der Waals surface area contributed by atoms with Crippen LogP contribution in [0.2, 0.25) is 0 Å². The van der Waals surface area contributed by atoms with Gasteiger partial charge in [0.15, 0.2) is 0 Å². The third kappa shape index (κ3) is 2.24. The molecule has 0 aliphatic rings. The van der Waals surface area contributed by atoms with Gasteiger partial charge in [-0.15, -0.1) is 0 Å². The van der Waals surface area contributed by atoms with Crippen LogP contribution in [0, 0.1) is 0 Å². The van der Waals surface area contributed by atoms with Crippen molar-refractivity contribution in [2.75, 3.05) is 0 Å². The number of aryl methyl sites for hydroxylation is 1. The molecule has 5 heteroatoms. The highest BCUT2D eigenvalue weighted by Gasteiger charge is 2.07. The van der Waals surface area contributed by atoms with E-state index < -0.39 is 5.97 Å². The van der Waals surface area contributed by atoms with E-state index in [1.165, 1.54) is 0 Å². The highest BCUT2D eigenvalue weighted by Crippen LogP contribution is 2.24. The molecular formula is C11H11BrN2O2. The van der Waals surface area contributed by atoms with E-state index in [1.54, 1.807) is 0 Å². The molecule has 0 amide bonds. The number of benzene rings is 1. The van der Waals surface area contributed by atoms with Crippen molar-refractivity contribution in [3.8, 4) is 0 Å². The first-order valence-corrected chi connectivity index (χ1v) is 5.81. The lowest BCUT2D eigenvalue weighted by Gasteiger charge is -2.00. The Morgan fingerprint density at radius 2 is 2.31 bits per heavy atom. The maximum atomic E-state index is 10.4. The van der Waals surface area contributed by atoms with Crippen molar-refractivity contribution in [2.45, 2.75) is 19.3 Å². The quantitative estimate of drug-likeness (QED) is 0.906. The number of H-pyrrole nitrogens is 1. The molecule has 0 fully saturated rings. The number of aromatic nitrogens is 2. The topological polar surface area (TPSA) is 66.0 Å². The van der Waals surface area contributed by atoms with Crippen LogP contribution >= 0.6 is 15.9 Å². The molecule has 0 radical (unpaired) electrons. The van der Waals surface area contributed by atoms with Crippen molar-refractivity contribution in [2.24, 2.45) is 0 Å². The van der Waals surface area contributed by atoms with Gasteiger partial charge in [0, 0.05) is 11.8 Å². The predicted octanol–water partition coefficient (Wildman–Crippen LogP) is 2.73. The summed E-state index contributed by atoms with van der Waals surface area (Å²) >= 11 is 3.38. The van der Waals surface area contributed by atoms with Crippen LogP contribution in [0.1, 0.15) is 18.4 Å². The molecule has 0 spiro atoms. The number of carbonyl (C=O) groups is 1. The van der Waals surface area contributed by atoms with Crippen molar-refractivity contribution in [3.05, 3.63) is 28.4 Å². The average molecular weight is 283 g/mol. The first-order chi connectivity index (χ1) is 7.68. The van der Waals surface area contributed by atoms with E-state index in [-0.39, 0.29) is 6.42 Å². The van der Waals surface area contributed by atoms with E-state index in [4.69, 9.17) is 5.11 Å². The summed E-state index contributed by atoms with van der Waals surface area (Å²) in [5.41, 5.74) is 2.00. The van der Waals surface area contributed by atoms with Crippen LogP contribution in [-0.2, 0) is 11.2 Å². The Morgan fingerprint density at radius 1 is 1.50 bits per heavy atom. The van der Waals surface area contributed by atoms with Crippen molar-refractivity contribution in [1.82, 2.24) is 10.2 Å². The van der Waals surface area contributed by atoms with Crippen molar-refractivity contribution >= 4 is 32.8 Å². The minimum atomic E-state index is -0.754. The maximum Gasteiger partial charge on any atom is 0.303 e. The van der Waals surface area contributed by atoms with E-state index >= 15 is 0 Å². The van der Waals surface area contributed by atoms with E-state index in [0.717, 1.165) is 27.5 Å². The molecule has 4 nitrogen and oxygen atoms in total. The van der Waals surface area contributed by atoms with E-state index in [9.17, 15) is 4.79 Å². The summed E-state index contributed by atoms with van der Waals surface area (Å²) in [6.45, 7) is 0. The summed E-state index contributed by atoms with van der Waals surface area (Å²) in [5.74, 6) is -0.754. The van der Waals surface area contributed by atoms with Gasteiger partial charge >= 0.3 is 5.97 Å². The Bertz CT molecular complexity index is 522. The van der Waals surface area contributed by atoms with Crippen LogP contribution in [0.25, 0.3) is 10.9 Å². The molecule has 1 aromatic heterocycles. The molecule has 1 aromatic carbocycles. The normalized spacial score (nSPS) is 10.8. The molecular weight excluding hydrogens is 272 g/mol. The van der Waals surface area contributed by atoms with Gasteiger partial charge in [0.2, 0.25) is 0 Å². The number of aromatic amines is 1. The SMILES string of the molecule is O=C(O)CCCc1cccc2c(Br)[nH]nc12. The first kappa shape index (κ1) is 11.1.